The Bertz CT molecular complexity index is 2280. The van der Waals surface area contributed by atoms with E-state index in [4.69, 9.17) is 10.7 Å². The molecular weight excluding hydrogens is 576 g/mol. The Morgan fingerprint density at radius 1 is 0.362 bits per heavy atom. The largest absolute Gasteiger partial charge is 0.412 e. The molecule has 2 heterocycles. The first-order chi connectivity index (χ1) is 23.3. The zero-order valence-corrected chi connectivity index (χ0v) is 25.5. The maximum absolute atomic E-state index is 5.46. The van der Waals surface area contributed by atoms with Crippen molar-refractivity contribution in [1.29, 1.82) is 0 Å². The molecule has 9 rings (SSSR count). The van der Waals surface area contributed by atoms with Crippen LogP contribution in [0.25, 0.3) is 55.0 Å². The lowest BCUT2D eigenvalue weighted by Gasteiger charge is -2.26. The van der Waals surface area contributed by atoms with Gasteiger partial charge in [0.2, 0.25) is 0 Å². The number of anilines is 3. The average molecular weight is 607 g/mol. The van der Waals surface area contributed by atoms with Crippen LogP contribution in [0.1, 0.15) is 0 Å². The molecule has 0 spiro atoms. The van der Waals surface area contributed by atoms with Crippen LogP contribution in [0.5, 0.6) is 5.75 Å². The minimum Gasteiger partial charge on any atom is -0.412 e. The highest BCUT2D eigenvalue weighted by Gasteiger charge is 2.17. The molecule has 7 aromatic carbocycles. The van der Waals surface area contributed by atoms with Gasteiger partial charge in [0.15, 0.2) is 0 Å². The number of hydrogen-bond donors (Lipinski definition) is 1. The molecule has 5 heteroatoms. The predicted molar refractivity (Wildman–Crippen MR) is 195 cm³/mol. The van der Waals surface area contributed by atoms with E-state index in [2.05, 4.69) is 160 Å². The molecule has 2 aromatic heterocycles. The number of benzene rings is 7. The molecular formula is C42H30N4O. The first-order valence-electron chi connectivity index (χ1n) is 15.7. The van der Waals surface area contributed by atoms with Gasteiger partial charge in [-0.25, -0.2) is 0 Å². The molecule has 47 heavy (non-hydrogen) atoms. The van der Waals surface area contributed by atoms with Crippen molar-refractivity contribution in [1.82, 2.24) is 9.13 Å². The lowest BCUT2D eigenvalue weighted by atomic mass is 10.1. The number of rotatable bonds is 6. The van der Waals surface area contributed by atoms with Crippen LogP contribution < -0.4 is 15.6 Å². The predicted octanol–water partition coefficient (Wildman–Crippen LogP) is 10.6. The highest BCUT2D eigenvalue weighted by atomic mass is 16.6. The van der Waals surface area contributed by atoms with Crippen molar-refractivity contribution < 1.29 is 4.84 Å². The summed E-state index contributed by atoms with van der Waals surface area (Å²) in [6.07, 6.45) is 0. The normalized spacial score (nSPS) is 11.5. The third-order valence-electron chi connectivity index (χ3n) is 9.12. The van der Waals surface area contributed by atoms with Crippen LogP contribution in [0, 0.1) is 0 Å². The van der Waals surface area contributed by atoms with Crippen molar-refractivity contribution in [3.63, 3.8) is 0 Å². The molecule has 0 saturated carbocycles. The molecule has 224 valence electrons. The van der Waals surface area contributed by atoms with Gasteiger partial charge in [0.25, 0.3) is 0 Å². The van der Waals surface area contributed by atoms with Crippen LogP contribution in [-0.2, 0) is 0 Å². The summed E-state index contributed by atoms with van der Waals surface area (Å²) < 4.78 is 4.68. The molecule has 9 aromatic rings. The smallest absolute Gasteiger partial charge is 0.146 e. The van der Waals surface area contributed by atoms with Gasteiger partial charge in [-0.05, 0) is 97.1 Å². The summed E-state index contributed by atoms with van der Waals surface area (Å²) >= 11 is 0. The van der Waals surface area contributed by atoms with Crippen LogP contribution in [-0.4, -0.2) is 9.13 Å². The van der Waals surface area contributed by atoms with Gasteiger partial charge < -0.3 is 18.9 Å². The average Bonchev–Trinajstić information content (AvgIpc) is 3.66. The minimum atomic E-state index is 0.608. The second kappa shape index (κ2) is 10.9. The number of aromatic nitrogens is 2. The Labute approximate surface area is 271 Å². The topological polar surface area (TPSA) is 48.4 Å². The van der Waals surface area contributed by atoms with Crippen LogP contribution >= 0.6 is 0 Å². The van der Waals surface area contributed by atoms with Gasteiger partial charge in [-0.3, -0.25) is 0 Å². The van der Waals surface area contributed by atoms with Crippen LogP contribution in [0.3, 0.4) is 0 Å². The van der Waals surface area contributed by atoms with Crippen LogP contribution in [0.15, 0.2) is 170 Å². The summed E-state index contributed by atoms with van der Waals surface area (Å²) in [4.78, 5) is 7.25. The third-order valence-corrected chi connectivity index (χ3v) is 9.12. The Balaban J connectivity index is 1.16. The zero-order valence-electron chi connectivity index (χ0n) is 25.5. The lowest BCUT2D eigenvalue weighted by molar-refractivity contribution is 0.334. The fraction of sp³-hybridized carbons (Fsp3) is 0. The Morgan fingerprint density at radius 3 is 0.979 bits per heavy atom. The van der Waals surface area contributed by atoms with E-state index >= 15 is 0 Å². The number of nitrogens with two attached hydrogens (primary N) is 1. The van der Waals surface area contributed by atoms with E-state index in [0.29, 0.717) is 5.75 Å². The second-order valence-corrected chi connectivity index (χ2v) is 11.7. The maximum Gasteiger partial charge on any atom is 0.146 e. The van der Waals surface area contributed by atoms with Crippen molar-refractivity contribution in [3.05, 3.63) is 170 Å². The fourth-order valence-electron chi connectivity index (χ4n) is 7.02. The van der Waals surface area contributed by atoms with E-state index in [1.54, 1.807) is 0 Å². The summed E-state index contributed by atoms with van der Waals surface area (Å²) in [5, 5.41) is 5.00. The molecule has 0 aliphatic heterocycles. The van der Waals surface area contributed by atoms with E-state index < -0.39 is 0 Å². The van der Waals surface area contributed by atoms with Crippen molar-refractivity contribution in [2.24, 2.45) is 5.90 Å². The molecule has 0 unspecified atom stereocenters. The molecule has 2 N–H and O–H groups in total. The highest BCUT2D eigenvalue weighted by Crippen LogP contribution is 2.39. The first kappa shape index (κ1) is 27.0. The summed E-state index contributed by atoms with van der Waals surface area (Å²) in [7, 11) is 0. The number of fused-ring (bicyclic) bond motifs is 6. The molecule has 0 atom stereocenters. The first-order valence-corrected chi connectivity index (χ1v) is 15.7. The Morgan fingerprint density at radius 2 is 0.660 bits per heavy atom. The zero-order chi connectivity index (χ0) is 31.3. The summed E-state index contributed by atoms with van der Waals surface area (Å²) in [5.41, 5.74) is 10.1. The molecule has 0 bridgehead atoms. The molecule has 0 saturated heterocycles. The SMILES string of the molecule is NOc1ccc(N(c2ccc(-n3c4ccccc4c4ccccc43)cc2)c2ccc(-n3c4ccccc4c4ccccc43)cc2)cc1. The number of para-hydroxylation sites is 4. The second-order valence-electron chi connectivity index (χ2n) is 11.7. The lowest BCUT2D eigenvalue weighted by Crippen LogP contribution is -2.10. The third kappa shape index (κ3) is 4.36. The summed E-state index contributed by atoms with van der Waals surface area (Å²) in [6, 6.07) is 59.8. The van der Waals surface area contributed by atoms with Gasteiger partial charge >= 0.3 is 0 Å². The van der Waals surface area contributed by atoms with E-state index in [1.807, 2.05) is 24.3 Å². The number of nitrogens with zero attached hydrogens (tertiary/aromatic N) is 3. The minimum absolute atomic E-state index is 0.608. The molecule has 0 fully saturated rings. The van der Waals surface area contributed by atoms with E-state index in [0.717, 1.165) is 28.4 Å². The van der Waals surface area contributed by atoms with E-state index in [1.165, 1.54) is 43.6 Å². The van der Waals surface area contributed by atoms with E-state index in [9.17, 15) is 0 Å². The standard InChI is InChI=1S/C42H30N4O/c43-47-34-27-25-31(26-28-34)44(29-17-21-32(22-18-29)45-39-13-5-1-9-35(39)36-10-2-6-14-40(36)45)30-19-23-33(24-20-30)46-41-15-7-3-11-37(41)38-12-4-8-16-42(38)46/h1-28H,43H2. The van der Waals surface area contributed by atoms with Gasteiger partial charge in [-0.15, -0.1) is 0 Å². The number of hydrogen-bond acceptors (Lipinski definition) is 3. The quantitative estimate of drug-likeness (QED) is 0.192. The molecule has 5 nitrogen and oxygen atoms in total. The van der Waals surface area contributed by atoms with Gasteiger partial charge in [0.1, 0.15) is 5.75 Å². The highest BCUT2D eigenvalue weighted by molar-refractivity contribution is 6.10. The van der Waals surface area contributed by atoms with Crippen molar-refractivity contribution >= 4 is 60.7 Å². The van der Waals surface area contributed by atoms with Gasteiger partial charge in [0.05, 0.1) is 22.1 Å². The Hall–Kier alpha value is -6.30. The van der Waals surface area contributed by atoms with Gasteiger partial charge in [-0.1, -0.05) is 72.8 Å². The van der Waals surface area contributed by atoms with Crippen molar-refractivity contribution in [3.8, 4) is 17.1 Å². The maximum atomic E-state index is 5.46. The summed E-state index contributed by atoms with van der Waals surface area (Å²) in [5.74, 6) is 6.07. The van der Waals surface area contributed by atoms with Gasteiger partial charge in [-0.2, -0.15) is 5.90 Å². The monoisotopic (exact) mass is 606 g/mol. The van der Waals surface area contributed by atoms with Crippen LogP contribution in [0.2, 0.25) is 0 Å². The summed E-state index contributed by atoms with van der Waals surface area (Å²) in [6.45, 7) is 0. The van der Waals surface area contributed by atoms with Crippen LogP contribution in [0.4, 0.5) is 17.1 Å². The molecule has 0 amide bonds. The van der Waals surface area contributed by atoms with Gasteiger partial charge in [0, 0.05) is 50.0 Å². The molecule has 0 radical (unpaired) electrons. The molecule has 0 aliphatic carbocycles. The van der Waals surface area contributed by atoms with Crippen molar-refractivity contribution in [2.45, 2.75) is 0 Å². The fourth-order valence-corrected chi connectivity index (χ4v) is 7.02. The van der Waals surface area contributed by atoms with E-state index in [-0.39, 0.29) is 0 Å². The Kier molecular flexibility index (Phi) is 6.30. The van der Waals surface area contributed by atoms with Crippen molar-refractivity contribution in [2.75, 3.05) is 4.90 Å². The molecule has 0 aliphatic rings.